The first-order chi connectivity index (χ1) is 11.9. The Morgan fingerprint density at radius 3 is 2.68 bits per heavy atom. The van der Waals surface area contributed by atoms with Crippen molar-refractivity contribution in [3.05, 3.63) is 59.7 Å². The number of nitrogens with zero attached hydrogens (tertiary/aromatic N) is 1. The van der Waals surface area contributed by atoms with Crippen molar-refractivity contribution in [1.82, 2.24) is 4.72 Å². The third kappa shape index (κ3) is 3.71. The van der Waals surface area contributed by atoms with Crippen molar-refractivity contribution in [3.8, 4) is 0 Å². The van der Waals surface area contributed by atoms with E-state index in [0.717, 1.165) is 5.56 Å². The second-order valence-electron chi connectivity index (χ2n) is 6.09. The van der Waals surface area contributed by atoms with Gasteiger partial charge in [0.1, 0.15) is 12.4 Å². The summed E-state index contributed by atoms with van der Waals surface area (Å²) in [7, 11) is -3.59. The largest absolute Gasteiger partial charge is 0.324 e. The summed E-state index contributed by atoms with van der Waals surface area (Å²) >= 11 is 0. The Morgan fingerprint density at radius 1 is 1.16 bits per heavy atom. The summed E-state index contributed by atoms with van der Waals surface area (Å²) < 4.78 is 26.4. The van der Waals surface area contributed by atoms with E-state index in [0.29, 0.717) is 17.2 Å². The molecular weight excluding hydrogens is 338 g/mol. The maximum atomic E-state index is 12.1. The summed E-state index contributed by atoms with van der Waals surface area (Å²) in [6, 6.07) is 14.2. The van der Waals surface area contributed by atoms with Crippen LogP contribution in [0.1, 0.15) is 30.9 Å². The van der Waals surface area contributed by atoms with Gasteiger partial charge in [-0.15, -0.1) is 0 Å². The second kappa shape index (κ2) is 6.68. The van der Waals surface area contributed by atoms with Gasteiger partial charge >= 0.3 is 0 Å². The highest BCUT2D eigenvalue weighted by Gasteiger charge is 2.30. The van der Waals surface area contributed by atoms with Gasteiger partial charge in [0.15, 0.2) is 0 Å². The van der Waals surface area contributed by atoms with Crippen LogP contribution in [0.5, 0.6) is 0 Å². The van der Waals surface area contributed by atoms with Crippen LogP contribution >= 0.6 is 0 Å². The van der Waals surface area contributed by atoms with Crippen LogP contribution in [0.3, 0.4) is 0 Å². The second-order valence-corrected chi connectivity index (χ2v) is 7.75. The Kier molecular flexibility index (Phi) is 4.59. The Hall–Kier alpha value is -2.67. The van der Waals surface area contributed by atoms with Gasteiger partial charge in [-0.2, -0.15) is 0 Å². The minimum Gasteiger partial charge on any atom is -0.324 e. The lowest BCUT2D eigenvalue weighted by atomic mass is 10.0. The first-order valence-corrected chi connectivity index (χ1v) is 9.41. The van der Waals surface area contributed by atoms with Crippen LogP contribution in [0.15, 0.2) is 58.4 Å². The van der Waals surface area contributed by atoms with E-state index in [4.69, 9.17) is 0 Å². The van der Waals surface area contributed by atoms with Crippen molar-refractivity contribution in [2.75, 3.05) is 11.9 Å². The first-order valence-electron chi connectivity index (χ1n) is 7.93. The van der Waals surface area contributed by atoms with Crippen LogP contribution in [-0.4, -0.2) is 26.7 Å². The molecule has 0 unspecified atom stereocenters. The number of anilines is 1. The average Bonchev–Trinajstić information content (AvgIpc) is 2.84. The van der Waals surface area contributed by atoms with Gasteiger partial charge in [0, 0.05) is 11.3 Å². The summed E-state index contributed by atoms with van der Waals surface area (Å²) in [5.74, 6) is 0.250. The standard InChI is InChI=1S/C18H19N3O3S/c1-12(2)13-6-5-7-14(10-13)20-17(22)11-19-18-15-8-3-4-9-16(15)25(23,24)21-18/h3-10,12H,11H2,1-2H3,(H,19,21)(H,20,22). The van der Waals surface area contributed by atoms with Gasteiger partial charge < -0.3 is 5.32 Å². The zero-order chi connectivity index (χ0) is 18.0. The maximum absolute atomic E-state index is 12.1. The molecule has 2 aromatic rings. The summed E-state index contributed by atoms with van der Waals surface area (Å²) in [6.45, 7) is 3.99. The lowest BCUT2D eigenvalue weighted by Crippen LogP contribution is -2.24. The zero-order valence-corrected chi connectivity index (χ0v) is 14.8. The lowest BCUT2D eigenvalue weighted by Gasteiger charge is -2.09. The molecule has 1 heterocycles. The number of amides is 1. The fraction of sp³-hybridized carbons (Fsp3) is 0.222. The number of aliphatic imine (C=N–C) groups is 1. The number of benzene rings is 2. The maximum Gasteiger partial charge on any atom is 0.263 e. The molecule has 130 valence electrons. The zero-order valence-electron chi connectivity index (χ0n) is 14.0. The highest BCUT2D eigenvalue weighted by molar-refractivity contribution is 7.90. The first kappa shape index (κ1) is 17.2. The normalized spacial score (nSPS) is 16.5. The van der Waals surface area contributed by atoms with Crippen LogP contribution in [0.25, 0.3) is 0 Å². The predicted molar refractivity (Wildman–Crippen MR) is 97.3 cm³/mol. The minimum atomic E-state index is -3.59. The SMILES string of the molecule is CC(C)c1cccc(NC(=O)CN=C2NS(=O)(=O)c3ccccc32)c1. The van der Waals surface area contributed by atoms with Gasteiger partial charge in [-0.05, 0) is 35.7 Å². The number of hydrogen-bond donors (Lipinski definition) is 2. The molecule has 3 rings (SSSR count). The van der Waals surface area contributed by atoms with E-state index in [2.05, 4.69) is 28.9 Å². The molecule has 0 aliphatic carbocycles. The molecule has 0 saturated heterocycles. The Morgan fingerprint density at radius 2 is 1.92 bits per heavy atom. The molecule has 0 fully saturated rings. The van der Waals surface area contributed by atoms with Crippen molar-refractivity contribution in [2.45, 2.75) is 24.7 Å². The molecule has 1 aliphatic heterocycles. The van der Waals surface area contributed by atoms with Crippen LogP contribution in [-0.2, 0) is 14.8 Å². The van der Waals surface area contributed by atoms with E-state index in [1.54, 1.807) is 18.2 Å². The van der Waals surface area contributed by atoms with Crippen molar-refractivity contribution >= 4 is 27.5 Å². The molecule has 0 aromatic heterocycles. The van der Waals surface area contributed by atoms with Crippen molar-refractivity contribution < 1.29 is 13.2 Å². The van der Waals surface area contributed by atoms with Crippen LogP contribution < -0.4 is 10.0 Å². The molecule has 7 heteroatoms. The highest BCUT2D eigenvalue weighted by Crippen LogP contribution is 2.22. The molecule has 0 spiro atoms. The number of carbonyl (C=O) groups is 1. The van der Waals surface area contributed by atoms with Gasteiger partial charge in [-0.3, -0.25) is 14.5 Å². The number of sulfonamides is 1. The Labute approximate surface area is 147 Å². The quantitative estimate of drug-likeness (QED) is 0.881. The van der Waals surface area contributed by atoms with Gasteiger partial charge in [0.2, 0.25) is 5.91 Å². The summed E-state index contributed by atoms with van der Waals surface area (Å²) in [4.78, 5) is 16.4. The Bertz CT molecular complexity index is 950. The van der Waals surface area contributed by atoms with Gasteiger partial charge in [0.05, 0.1) is 4.90 Å². The lowest BCUT2D eigenvalue weighted by molar-refractivity contribution is -0.114. The van der Waals surface area contributed by atoms with E-state index in [1.165, 1.54) is 6.07 Å². The van der Waals surface area contributed by atoms with E-state index in [-0.39, 0.29) is 23.2 Å². The van der Waals surface area contributed by atoms with Crippen molar-refractivity contribution in [3.63, 3.8) is 0 Å². The number of rotatable bonds is 4. The van der Waals surface area contributed by atoms with Crippen molar-refractivity contribution in [1.29, 1.82) is 0 Å². The smallest absolute Gasteiger partial charge is 0.263 e. The van der Waals surface area contributed by atoms with Gasteiger partial charge in [-0.1, -0.05) is 38.1 Å². The summed E-state index contributed by atoms with van der Waals surface area (Å²) in [5.41, 5.74) is 2.31. The number of carbonyl (C=O) groups excluding carboxylic acids is 1. The average molecular weight is 357 g/mol. The molecule has 6 nitrogen and oxygen atoms in total. The molecule has 2 aromatic carbocycles. The molecule has 2 N–H and O–H groups in total. The van der Waals surface area contributed by atoms with Gasteiger partial charge in [0.25, 0.3) is 10.0 Å². The van der Waals surface area contributed by atoms with Crippen molar-refractivity contribution in [2.24, 2.45) is 4.99 Å². The summed E-state index contributed by atoms with van der Waals surface area (Å²) in [6.07, 6.45) is 0. The third-order valence-electron chi connectivity index (χ3n) is 3.88. The monoisotopic (exact) mass is 357 g/mol. The predicted octanol–water partition coefficient (Wildman–Crippen LogP) is 2.49. The molecule has 0 atom stereocenters. The van der Waals surface area contributed by atoms with E-state index in [9.17, 15) is 13.2 Å². The molecule has 0 saturated carbocycles. The number of hydrogen-bond acceptors (Lipinski definition) is 4. The fourth-order valence-corrected chi connectivity index (χ4v) is 3.83. The van der Waals surface area contributed by atoms with E-state index >= 15 is 0 Å². The van der Waals surface area contributed by atoms with Crippen LogP contribution in [0, 0.1) is 0 Å². The molecular formula is C18H19N3O3S. The molecule has 0 bridgehead atoms. The van der Waals surface area contributed by atoms with Crippen LogP contribution in [0.4, 0.5) is 5.69 Å². The number of fused-ring (bicyclic) bond motifs is 1. The topological polar surface area (TPSA) is 87.6 Å². The third-order valence-corrected chi connectivity index (χ3v) is 5.28. The van der Waals surface area contributed by atoms with E-state index < -0.39 is 10.0 Å². The van der Waals surface area contributed by atoms with Gasteiger partial charge in [-0.25, -0.2) is 8.42 Å². The number of nitrogens with one attached hydrogen (secondary N) is 2. The van der Waals surface area contributed by atoms with Crippen LogP contribution in [0.2, 0.25) is 0 Å². The molecule has 0 radical (unpaired) electrons. The number of amidine groups is 1. The molecule has 1 amide bonds. The highest BCUT2D eigenvalue weighted by atomic mass is 32.2. The van der Waals surface area contributed by atoms with E-state index in [1.807, 2.05) is 24.3 Å². The molecule has 1 aliphatic rings. The summed E-state index contributed by atoms with van der Waals surface area (Å²) in [5, 5.41) is 2.78. The minimum absolute atomic E-state index is 0.169. The molecule has 25 heavy (non-hydrogen) atoms. The fourth-order valence-electron chi connectivity index (χ4n) is 2.58. The Balaban J connectivity index is 1.73.